The first-order valence-electron chi connectivity index (χ1n) is 3.62. The fourth-order valence-electron chi connectivity index (χ4n) is 0.979. The molecule has 52 valence electrons. The van der Waals surface area contributed by atoms with Crippen molar-refractivity contribution in [3.05, 3.63) is 5.92 Å². The molecule has 0 saturated heterocycles. The van der Waals surface area contributed by atoms with Gasteiger partial charge >= 0.3 is 0 Å². The van der Waals surface area contributed by atoms with Crippen molar-refractivity contribution in [1.29, 1.82) is 0 Å². The smallest absolute Gasteiger partial charge is 0 e. The van der Waals surface area contributed by atoms with Gasteiger partial charge in [-0.2, -0.15) is 19.8 Å². The first-order valence-corrected chi connectivity index (χ1v) is 3.62. The van der Waals surface area contributed by atoms with E-state index in [0.29, 0.717) is 0 Å². The van der Waals surface area contributed by atoms with Crippen LogP contribution in [0.3, 0.4) is 0 Å². The Morgan fingerprint density at radius 1 is 1.00 bits per heavy atom. The monoisotopic (exact) mass is 177 g/mol. The zero-order valence-electron chi connectivity index (χ0n) is 7.04. The van der Waals surface area contributed by atoms with Crippen LogP contribution in [0, 0.1) is 5.92 Å². The molecule has 0 unspecified atom stereocenters. The molecular formula is C8H17Zn-. The van der Waals surface area contributed by atoms with Crippen LogP contribution in [0.1, 0.15) is 46.5 Å². The van der Waals surface area contributed by atoms with Crippen LogP contribution < -0.4 is 0 Å². The first kappa shape index (κ1) is 12.3. The standard InChI is InChI=1S/C8H17.Zn/c1-4-6-8(3)7-5-2;/h4-7H2,1-3H3;/q-1;. The summed E-state index contributed by atoms with van der Waals surface area (Å²) in [5.74, 6) is 1.66. The van der Waals surface area contributed by atoms with Gasteiger partial charge in [0.15, 0.2) is 0 Å². The van der Waals surface area contributed by atoms with Crippen LogP contribution in [-0.2, 0) is 19.5 Å². The Morgan fingerprint density at radius 3 is 1.56 bits per heavy atom. The van der Waals surface area contributed by atoms with Gasteiger partial charge in [-0.1, -0.05) is 26.7 Å². The molecule has 0 aromatic heterocycles. The fraction of sp³-hybridized carbons (Fsp3) is 0.875. The zero-order valence-corrected chi connectivity index (χ0v) is 10.0. The van der Waals surface area contributed by atoms with E-state index in [1.807, 2.05) is 0 Å². The Morgan fingerprint density at radius 2 is 1.33 bits per heavy atom. The van der Waals surface area contributed by atoms with E-state index in [9.17, 15) is 0 Å². The second-order valence-electron chi connectivity index (χ2n) is 2.46. The Labute approximate surface area is 72.2 Å². The van der Waals surface area contributed by atoms with Crippen LogP contribution in [-0.4, -0.2) is 0 Å². The second kappa shape index (κ2) is 8.62. The Kier molecular flexibility index (Phi) is 11.8. The van der Waals surface area contributed by atoms with Crippen LogP contribution in [0.5, 0.6) is 0 Å². The molecule has 0 aliphatic rings. The zero-order chi connectivity index (χ0) is 6.41. The molecule has 0 atom stereocenters. The van der Waals surface area contributed by atoms with Crippen molar-refractivity contribution >= 4 is 0 Å². The van der Waals surface area contributed by atoms with Gasteiger partial charge in [0.05, 0.1) is 0 Å². The Bertz CT molecular complexity index is 37.8. The molecule has 0 saturated carbocycles. The third-order valence-corrected chi connectivity index (χ3v) is 1.35. The molecular weight excluding hydrogens is 161 g/mol. The van der Waals surface area contributed by atoms with Crippen molar-refractivity contribution in [2.24, 2.45) is 0 Å². The normalized spacial score (nSPS) is 9.33. The summed E-state index contributed by atoms with van der Waals surface area (Å²) in [5, 5.41) is 0. The topological polar surface area (TPSA) is 0 Å². The van der Waals surface area contributed by atoms with Gasteiger partial charge in [0, 0.05) is 19.5 Å². The molecule has 0 aromatic carbocycles. The molecule has 0 spiro atoms. The van der Waals surface area contributed by atoms with Crippen molar-refractivity contribution < 1.29 is 19.5 Å². The molecule has 0 bridgehead atoms. The summed E-state index contributed by atoms with van der Waals surface area (Å²) in [5.41, 5.74) is 0. The van der Waals surface area contributed by atoms with E-state index >= 15 is 0 Å². The second-order valence-corrected chi connectivity index (χ2v) is 2.46. The molecule has 0 nitrogen and oxygen atoms in total. The molecule has 0 aliphatic heterocycles. The van der Waals surface area contributed by atoms with E-state index in [1.165, 1.54) is 25.7 Å². The first-order chi connectivity index (χ1) is 3.81. The van der Waals surface area contributed by atoms with Gasteiger partial charge in [0.1, 0.15) is 0 Å². The van der Waals surface area contributed by atoms with Crippen molar-refractivity contribution in [2.45, 2.75) is 46.5 Å². The number of rotatable bonds is 4. The van der Waals surface area contributed by atoms with Gasteiger partial charge in [0.25, 0.3) is 0 Å². The Hall–Kier alpha value is 0.623. The maximum Gasteiger partial charge on any atom is 0 e. The average Bonchev–Trinajstić information content (AvgIpc) is 1.68. The van der Waals surface area contributed by atoms with Crippen molar-refractivity contribution in [3.63, 3.8) is 0 Å². The SMILES string of the molecule is CCC[C-](C)CCC.[Zn]. The minimum Gasteiger partial charge on any atom is -0.317 e. The van der Waals surface area contributed by atoms with Gasteiger partial charge in [-0.05, 0) is 0 Å². The van der Waals surface area contributed by atoms with Gasteiger partial charge in [0.2, 0.25) is 0 Å². The largest absolute Gasteiger partial charge is 0.317 e. The quantitative estimate of drug-likeness (QED) is 0.458. The van der Waals surface area contributed by atoms with Gasteiger partial charge in [-0.25, -0.2) is 0 Å². The van der Waals surface area contributed by atoms with Gasteiger partial charge in [-0.15, -0.1) is 0 Å². The van der Waals surface area contributed by atoms with Crippen LogP contribution >= 0.6 is 0 Å². The maximum atomic E-state index is 2.26. The van der Waals surface area contributed by atoms with E-state index in [-0.39, 0.29) is 19.5 Å². The molecule has 0 N–H and O–H groups in total. The van der Waals surface area contributed by atoms with E-state index < -0.39 is 0 Å². The molecule has 9 heavy (non-hydrogen) atoms. The van der Waals surface area contributed by atoms with Crippen LogP contribution in [0.2, 0.25) is 0 Å². The van der Waals surface area contributed by atoms with E-state index in [0.717, 1.165) is 0 Å². The Balaban J connectivity index is 0. The van der Waals surface area contributed by atoms with Gasteiger partial charge in [-0.3, -0.25) is 0 Å². The third kappa shape index (κ3) is 8.62. The van der Waals surface area contributed by atoms with Gasteiger partial charge < -0.3 is 5.92 Å². The van der Waals surface area contributed by atoms with Crippen LogP contribution in [0.15, 0.2) is 0 Å². The minimum absolute atomic E-state index is 0. The van der Waals surface area contributed by atoms with E-state index in [1.54, 1.807) is 5.92 Å². The molecule has 0 rings (SSSR count). The predicted octanol–water partition coefficient (Wildman–Crippen LogP) is 3.18. The van der Waals surface area contributed by atoms with E-state index in [2.05, 4.69) is 20.8 Å². The molecule has 0 amide bonds. The number of hydrogen-bond donors (Lipinski definition) is 0. The molecule has 0 radical (unpaired) electrons. The molecule has 0 fully saturated rings. The summed E-state index contributed by atoms with van der Waals surface area (Å²) in [6, 6.07) is 0. The summed E-state index contributed by atoms with van der Waals surface area (Å²) in [7, 11) is 0. The minimum atomic E-state index is 0. The summed E-state index contributed by atoms with van der Waals surface area (Å²) >= 11 is 0. The van der Waals surface area contributed by atoms with E-state index in [4.69, 9.17) is 0 Å². The summed E-state index contributed by atoms with van der Waals surface area (Å²) < 4.78 is 0. The fourth-order valence-corrected chi connectivity index (χ4v) is 0.979. The van der Waals surface area contributed by atoms with Crippen LogP contribution in [0.25, 0.3) is 0 Å². The molecule has 0 heterocycles. The summed E-state index contributed by atoms with van der Waals surface area (Å²) in [4.78, 5) is 0. The predicted molar refractivity (Wildman–Crippen MR) is 38.7 cm³/mol. The summed E-state index contributed by atoms with van der Waals surface area (Å²) in [6.07, 6.45) is 5.28. The van der Waals surface area contributed by atoms with Crippen LogP contribution in [0.4, 0.5) is 0 Å². The molecule has 0 aromatic rings. The van der Waals surface area contributed by atoms with Crippen molar-refractivity contribution in [1.82, 2.24) is 0 Å². The molecule has 0 aliphatic carbocycles. The maximum absolute atomic E-state index is 2.26. The average molecular weight is 179 g/mol. The summed E-state index contributed by atoms with van der Waals surface area (Å²) in [6.45, 7) is 6.73. The van der Waals surface area contributed by atoms with Crippen molar-refractivity contribution in [3.8, 4) is 0 Å². The van der Waals surface area contributed by atoms with Crippen molar-refractivity contribution in [2.75, 3.05) is 0 Å². The number of hydrogen-bond acceptors (Lipinski definition) is 0. The molecule has 1 heteroatoms. The third-order valence-electron chi connectivity index (χ3n) is 1.35.